The van der Waals surface area contributed by atoms with Gasteiger partial charge < -0.3 is 0 Å². The molecule has 31 valence electrons. The largest absolute Gasteiger partial charge is 0.563 e. The molecule has 1 N–H and O–H groups in total. The van der Waals surface area contributed by atoms with Gasteiger partial charge in [-0.25, -0.2) is 0 Å². The number of hydrogen-bond acceptors (Lipinski definition) is 3. The molecular weight excluding hydrogens is 163 g/mol. The zero-order chi connectivity index (χ0) is 3.70. The third-order valence-corrected chi connectivity index (χ3v) is 0.250. The Morgan fingerprint density at radius 1 is 1.50 bits per heavy atom. The minimum absolute atomic E-state index is 0. The second kappa shape index (κ2) is 2.36. The van der Waals surface area contributed by atoms with E-state index in [-0.39, 0.29) is 32.7 Å². The summed E-state index contributed by atoms with van der Waals surface area (Å²) in [5, 5.41) is 1.81. The van der Waals surface area contributed by atoms with E-state index < -0.39 is 5.82 Å². The van der Waals surface area contributed by atoms with E-state index >= 15 is 0 Å². The quantitative estimate of drug-likeness (QED) is 0.565. The van der Waals surface area contributed by atoms with Crippen LogP contribution >= 0.6 is 0 Å². The first kappa shape index (κ1) is 6.17. The number of aromatic nitrogens is 1. The zero-order valence-corrected chi connectivity index (χ0v) is 5.64. The van der Waals surface area contributed by atoms with Gasteiger partial charge in [0.2, 0.25) is 0 Å². The first-order chi connectivity index (χ1) is 2.39. The molecule has 1 aromatic heterocycles. The molecule has 0 amide bonds. The van der Waals surface area contributed by atoms with Crippen LogP contribution in [0.25, 0.3) is 0 Å². The first-order valence-electron chi connectivity index (χ1n) is 1.02. The van der Waals surface area contributed by atoms with E-state index in [1.165, 1.54) is 0 Å². The molecule has 0 bridgehead atoms. The molecule has 1 heterocycles. The standard InChI is InChI=1S/CHNO3.Y/c3-1-4-2-5-1;/h2H;. The fourth-order valence-corrected chi connectivity index (χ4v) is 0.0757. The summed E-state index contributed by atoms with van der Waals surface area (Å²) < 4.78 is 7.64. The van der Waals surface area contributed by atoms with Gasteiger partial charge in [-0.2, -0.15) is 4.79 Å². The molecule has 0 spiro atoms. The van der Waals surface area contributed by atoms with Crippen LogP contribution in [-0.4, -0.2) is 5.33 Å². The van der Waals surface area contributed by atoms with Crippen LogP contribution < -0.4 is 5.82 Å². The molecule has 0 unspecified atom stereocenters. The first-order valence-corrected chi connectivity index (χ1v) is 1.02. The molecule has 0 aromatic carbocycles. The summed E-state index contributed by atoms with van der Waals surface area (Å²) in [6.45, 7) is 0. The van der Waals surface area contributed by atoms with Crippen LogP contribution in [-0.2, 0) is 32.7 Å². The summed E-state index contributed by atoms with van der Waals surface area (Å²) in [6, 6.07) is 0. The molecule has 6 heavy (non-hydrogen) atoms. The predicted octanol–water partition coefficient (Wildman–Crippen LogP) is -0.442. The molecule has 0 aliphatic carbocycles. The van der Waals surface area contributed by atoms with Gasteiger partial charge in [-0.15, -0.1) is 0 Å². The van der Waals surface area contributed by atoms with Crippen molar-refractivity contribution in [2.45, 2.75) is 0 Å². The van der Waals surface area contributed by atoms with Crippen molar-refractivity contribution in [2.24, 2.45) is 0 Å². The Bertz CT molecular complexity index is 125. The number of rotatable bonds is 0. The Kier molecular flexibility index (Phi) is 2.43. The Balaban J connectivity index is 0.000000250. The van der Waals surface area contributed by atoms with Gasteiger partial charge in [0.25, 0.3) is 0 Å². The summed E-state index contributed by atoms with van der Waals surface area (Å²) in [4.78, 5) is 9.39. The van der Waals surface area contributed by atoms with Gasteiger partial charge in [-0.05, 0) is 0 Å². The van der Waals surface area contributed by atoms with E-state index in [1.54, 1.807) is 0 Å². The van der Waals surface area contributed by atoms with Crippen LogP contribution in [0.1, 0.15) is 0 Å². The van der Waals surface area contributed by atoms with Crippen molar-refractivity contribution in [3.63, 3.8) is 0 Å². The molecule has 0 fully saturated rings. The van der Waals surface area contributed by atoms with E-state index in [4.69, 9.17) is 0 Å². The zero-order valence-electron chi connectivity index (χ0n) is 2.80. The number of aromatic amines is 1. The predicted molar refractivity (Wildman–Crippen MR) is 11.6 cm³/mol. The van der Waals surface area contributed by atoms with E-state index in [2.05, 4.69) is 9.05 Å². The summed E-state index contributed by atoms with van der Waals surface area (Å²) in [5.74, 6) is -0.676. The van der Waals surface area contributed by atoms with Crippen molar-refractivity contribution in [1.82, 2.24) is 5.33 Å². The normalized spacial score (nSPS) is 7.33. The minimum atomic E-state index is -0.676. The third kappa shape index (κ3) is 1.10. The van der Waals surface area contributed by atoms with Crippen molar-refractivity contribution in [2.75, 3.05) is 0 Å². The average molecular weight is 164 g/mol. The van der Waals surface area contributed by atoms with Crippen molar-refractivity contribution < 1.29 is 41.8 Å². The summed E-state index contributed by atoms with van der Waals surface area (Å²) in [6.07, 6.45) is 0. The molecule has 4 nitrogen and oxygen atoms in total. The fraction of sp³-hybridized carbons (Fsp3) is 0. The molecule has 0 saturated carbocycles. The monoisotopic (exact) mass is 164 g/mol. The smallest absolute Gasteiger partial charge is 0.275 e. The van der Waals surface area contributed by atoms with E-state index in [0.29, 0.717) is 0 Å². The summed E-state index contributed by atoms with van der Waals surface area (Å²) in [7, 11) is 0. The SMILES string of the molecule is O=c1o[nH]o1.[Y]. The molecular formula is CHNO3Y. The van der Waals surface area contributed by atoms with Gasteiger partial charge in [-0.1, -0.05) is 5.33 Å². The maximum absolute atomic E-state index is 9.39. The number of hydrogen-bond donors (Lipinski definition) is 1. The van der Waals surface area contributed by atoms with E-state index in [9.17, 15) is 4.79 Å². The van der Waals surface area contributed by atoms with Gasteiger partial charge in [0.1, 0.15) is 0 Å². The second-order valence-corrected chi connectivity index (χ2v) is 0.537. The summed E-state index contributed by atoms with van der Waals surface area (Å²) in [5.41, 5.74) is 0. The second-order valence-electron chi connectivity index (χ2n) is 0.537. The molecule has 0 atom stereocenters. The van der Waals surface area contributed by atoms with E-state index in [1.807, 2.05) is 5.33 Å². The number of nitrogens with one attached hydrogen (secondary N) is 1. The summed E-state index contributed by atoms with van der Waals surface area (Å²) >= 11 is 0. The van der Waals surface area contributed by atoms with E-state index in [0.717, 1.165) is 0 Å². The van der Waals surface area contributed by atoms with Crippen LogP contribution in [0.5, 0.6) is 0 Å². The Labute approximate surface area is 57.7 Å². The van der Waals surface area contributed by atoms with Crippen LogP contribution in [0.3, 0.4) is 0 Å². The van der Waals surface area contributed by atoms with Gasteiger partial charge in [-0.3, -0.25) is 9.05 Å². The van der Waals surface area contributed by atoms with Gasteiger partial charge in [0.15, 0.2) is 0 Å². The maximum Gasteiger partial charge on any atom is 0.563 e. The van der Waals surface area contributed by atoms with Gasteiger partial charge in [0, 0.05) is 32.7 Å². The van der Waals surface area contributed by atoms with Crippen LogP contribution in [0.4, 0.5) is 0 Å². The average Bonchev–Trinajstić information content (AvgIpc) is 1.30. The molecule has 0 aliphatic heterocycles. The number of H-pyrrole nitrogens is 1. The molecule has 1 aromatic rings. The van der Waals surface area contributed by atoms with Crippen molar-refractivity contribution in [3.8, 4) is 0 Å². The van der Waals surface area contributed by atoms with Crippen molar-refractivity contribution >= 4 is 0 Å². The van der Waals surface area contributed by atoms with Crippen LogP contribution in [0.15, 0.2) is 13.8 Å². The maximum atomic E-state index is 9.39. The Morgan fingerprint density at radius 2 is 1.83 bits per heavy atom. The molecule has 1 rings (SSSR count). The van der Waals surface area contributed by atoms with Crippen LogP contribution in [0.2, 0.25) is 0 Å². The topological polar surface area (TPSA) is 59.1 Å². The molecule has 5 heteroatoms. The van der Waals surface area contributed by atoms with Gasteiger partial charge >= 0.3 is 5.82 Å². The Morgan fingerprint density at radius 3 is 1.83 bits per heavy atom. The third-order valence-electron chi connectivity index (χ3n) is 0.250. The van der Waals surface area contributed by atoms with Crippen molar-refractivity contribution in [3.05, 3.63) is 10.6 Å². The Hall–Kier alpha value is 0.174. The van der Waals surface area contributed by atoms with Crippen molar-refractivity contribution in [1.29, 1.82) is 0 Å². The molecule has 0 aliphatic rings. The van der Waals surface area contributed by atoms with Crippen LogP contribution in [0, 0.1) is 0 Å². The molecule has 1 radical (unpaired) electrons. The minimum Gasteiger partial charge on any atom is -0.275 e. The van der Waals surface area contributed by atoms with Gasteiger partial charge in [0.05, 0.1) is 0 Å². The molecule has 0 saturated heterocycles. The fourth-order valence-electron chi connectivity index (χ4n) is 0.0757.